The topological polar surface area (TPSA) is 261 Å². The first-order chi connectivity index (χ1) is 40.1. The number of aromatic hydroxyl groups is 1. The van der Waals surface area contributed by atoms with Crippen LogP contribution >= 0.6 is 0 Å². The van der Waals surface area contributed by atoms with E-state index in [1.54, 1.807) is 61.3 Å². The fourth-order valence-corrected chi connectivity index (χ4v) is 10.6. The average Bonchev–Trinajstić information content (AvgIpc) is 3.78. The Morgan fingerprint density at radius 3 is 2.41 bits per heavy atom. The highest BCUT2D eigenvalue weighted by Gasteiger charge is 2.37. The van der Waals surface area contributed by atoms with E-state index in [2.05, 4.69) is 48.0 Å². The Hall–Kier alpha value is -9.79. The molecule has 2 aromatic heterocycles. The summed E-state index contributed by atoms with van der Waals surface area (Å²) in [5, 5.41) is 32.5. The van der Waals surface area contributed by atoms with Crippen molar-refractivity contribution in [2.24, 2.45) is 16.1 Å². The molecular weight excluding hydrogens is 1070 g/mol. The number of anilines is 2. The molecule has 0 saturated carbocycles. The van der Waals surface area contributed by atoms with E-state index in [1.165, 1.54) is 46.3 Å². The number of urea groups is 1. The summed E-state index contributed by atoms with van der Waals surface area (Å²) in [5.41, 5.74) is 5.46. The number of ether oxygens (including phenoxy) is 5. The number of rotatable bonds is 16. The molecule has 430 valence electrons. The number of azo groups is 1. The van der Waals surface area contributed by atoms with Crippen molar-refractivity contribution >= 4 is 63.8 Å². The largest absolute Gasteiger partial charge is 0.507 e. The van der Waals surface area contributed by atoms with E-state index in [0.717, 1.165) is 46.4 Å². The summed E-state index contributed by atoms with van der Waals surface area (Å²) < 4.78 is 30.5. The third-order valence-electron chi connectivity index (χ3n) is 15.5. The lowest BCUT2D eigenvalue weighted by Gasteiger charge is -2.42. The number of amides is 6. The summed E-state index contributed by atoms with van der Waals surface area (Å²) in [6, 6.07) is 22.5. The van der Waals surface area contributed by atoms with Gasteiger partial charge in [0.25, 0.3) is 5.91 Å². The number of fused-ring (bicyclic) bond motifs is 6. The van der Waals surface area contributed by atoms with Gasteiger partial charge in [-0.3, -0.25) is 14.5 Å². The maximum Gasteiger partial charge on any atom is 0.415 e. The van der Waals surface area contributed by atoms with Crippen molar-refractivity contribution in [1.82, 2.24) is 34.9 Å². The van der Waals surface area contributed by atoms with Gasteiger partial charge in [0.05, 0.1) is 47.1 Å². The van der Waals surface area contributed by atoms with Crippen molar-refractivity contribution in [1.29, 1.82) is 5.26 Å². The van der Waals surface area contributed by atoms with Crippen LogP contribution in [0.3, 0.4) is 0 Å². The van der Waals surface area contributed by atoms with Crippen LogP contribution in [-0.4, -0.2) is 159 Å². The molecule has 0 unspecified atom stereocenters. The molecule has 4 aromatic carbocycles. The van der Waals surface area contributed by atoms with E-state index in [1.807, 2.05) is 37.5 Å². The van der Waals surface area contributed by atoms with E-state index >= 15 is 0 Å². The third-order valence-corrected chi connectivity index (χ3v) is 15.5. The van der Waals surface area contributed by atoms with Crippen molar-refractivity contribution in [3.05, 3.63) is 108 Å². The number of pyridine rings is 1. The van der Waals surface area contributed by atoms with Gasteiger partial charge in [-0.05, 0) is 89.9 Å². The van der Waals surface area contributed by atoms with Gasteiger partial charge in [-0.25, -0.2) is 24.4 Å². The van der Waals surface area contributed by atoms with Gasteiger partial charge in [0.15, 0.2) is 35.7 Å². The molecule has 2 atom stereocenters. The normalized spacial score (nSPS) is 15.6. The molecule has 2 N–H and O–H groups in total. The molecule has 6 heterocycles. The van der Waals surface area contributed by atoms with E-state index in [0.29, 0.717) is 78.1 Å². The molecule has 1 saturated heterocycles. The maximum atomic E-state index is 13.7. The van der Waals surface area contributed by atoms with Gasteiger partial charge >= 0.3 is 18.2 Å². The predicted octanol–water partition coefficient (Wildman–Crippen LogP) is 7.13. The van der Waals surface area contributed by atoms with Crippen molar-refractivity contribution < 1.29 is 57.3 Å². The molecule has 83 heavy (non-hydrogen) atoms. The Bertz CT molecular complexity index is 3570. The molecular formula is C59H64N13O11+. The van der Waals surface area contributed by atoms with Crippen LogP contribution in [0.4, 0.5) is 37.4 Å². The number of phenols is 1. The van der Waals surface area contributed by atoms with Crippen LogP contribution in [0.25, 0.3) is 22.0 Å². The molecule has 24 nitrogen and oxygen atoms in total. The molecule has 10 rings (SSSR count). The first-order valence-corrected chi connectivity index (χ1v) is 27.2. The standard InChI is InChI=1S/C59H63N13O11/c1-36-16-21-71(52(74)15-19-60)32-47(36)69(5)54-42-18-23-72(55(42)63-34-62-54)57(76)66(2)25-26-68(4)58(77)80-33-37-7-10-40(11-8-37)64-65-41-12-13-48(73)44(29-41)56(75)61-20-24-67(3)59(78)83-53-45-31-70-22-17-39-28-50-51(82-35-81-50)30-43(39)46(70)27-38(45)9-14-49(53)79-6/h7-14,27-31,34,36,47H,15-18,20-26,32-33,35H2,1-6H3,(H-,61,64,73,75)/p+1/t36-,47+/m1/s1. The number of aryl methyl sites for hydroxylation is 2. The number of benzene rings is 4. The third kappa shape index (κ3) is 12.1. The zero-order valence-electron chi connectivity index (χ0n) is 47.0. The minimum atomic E-state index is -0.667. The Kier molecular flexibility index (Phi) is 16.7. The fourth-order valence-electron chi connectivity index (χ4n) is 10.6. The van der Waals surface area contributed by atoms with Crippen LogP contribution in [-0.2, 0) is 35.5 Å². The van der Waals surface area contributed by atoms with E-state index < -0.39 is 18.1 Å². The smallest absolute Gasteiger partial charge is 0.415 e. The molecule has 0 radical (unpaired) electrons. The lowest BCUT2D eigenvalue weighted by molar-refractivity contribution is -0.686. The van der Waals surface area contributed by atoms with Gasteiger partial charge in [0, 0.05) is 92.1 Å². The number of piperidine rings is 1. The highest BCUT2D eigenvalue weighted by molar-refractivity contribution is 5.98. The average molecular weight is 1130 g/mol. The van der Waals surface area contributed by atoms with Crippen molar-refractivity contribution in [2.45, 2.75) is 51.8 Å². The first kappa shape index (κ1) is 56.5. The van der Waals surface area contributed by atoms with E-state index in [9.17, 15) is 29.1 Å². The molecule has 0 spiro atoms. The van der Waals surface area contributed by atoms with Gasteiger partial charge < -0.3 is 58.6 Å². The van der Waals surface area contributed by atoms with Gasteiger partial charge in [0.1, 0.15) is 36.7 Å². The van der Waals surface area contributed by atoms with Gasteiger partial charge in [0.2, 0.25) is 18.4 Å². The minimum absolute atomic E-state index is 0.0250. The highest BCUT2D eigenvalue weighted by Crippen LogP contribution is 2.42. The van der Waals surface area contributed by atoms with Crippen LogP contribution in [0.5, 0.6) is 28.7 Å². The van der Waals surface area contributed by atoms with E-state index in [-0.39, 0.29) is 87.0 Å². The Morgan fingerprint density at radius 2 is 1.63 bits per heavy atom. The van der Waals surface area contributed by atoms with Crippen molar-refractivity contribution in [2.75, 3.05) is 97.7 Å². The Morgan fingerprint density at radius 1 is 0.880 bits per heavy atom. The van der Waals surface area contributed by atoms with Crippen LogP contribution in [0.1, 0.15) is 46.8 Å². The zero-order valence-corrected chi connectivity index (χ0v) is 47.0. The van der Waals surface area contributed by atoms with Crippen molar-refractivity contribution in [3.8, 4) is 46.1 Å². The quantitative estimate of drug-likeness (QED) is 0.0721. The molecule has 4 aliphatic heterocycles. The maximum absolute atomic E-state index is 13.7. The van der Waals surface area contributed by atoms with Crippen molar-refractivity contribution in [3.63, 3.8) is 0 Å². The molecule has 24 heteroatoms. The predicted molar refractivity (Wildman–Crippen MR) is 302 cm³/mol. The first-order valence-electron chi connectivity index (χ1n) is 27.2. The van der Waals surface area contributed by atoms with Gasteiger partial charge in [-0.1, -0.05) is 19.1 Å². The molecule has 0 aliphatic carbocycles. The number of likely N-dealkylation sites (N-methyl/N-ethyl adjacent to an activating group) is 4. The fraction of sp³-hybridized carbons (Fsp3) is 0.373. The Balaban J connectivity index is 0.668. The summed E-state index contributed by atoms with van der Waals surface area (Å²) in [7, 11) is 8.26. The minimum Gasteiger partial charge on any atom is -0.507 e. The number of hydrogen-bond donors (Lipinski definition) is 2. The second kappa shape index (κ2) is 24.5. The van der Waals surface area contributed by atoms with E-state index in [4.69, 9.17) is 28.9 Å². The zero-order chi connectivity index (χ0) is 58.5. The number of nitriles is 1. The lowest BCUT2D eigenvalue weighted by Crippen LogP contribution is -2.53. The van der Waals surface area contributed by atoms with Gasteiger partial charge in [-0.2, -0.15) is 20.1 Å². The number of nitrogens with one attached hydrogen (secondary N) is 1. The number of carbonyl (C=O) groups excluding carboxylic acids is 5. The summed E-state index contributed by atoms with van der Waals surface area (Å²) in [4.78, 5) is 84.9. The number of carbonyl (C=O) groups is 5. The number of aromatic nitrogens is 3. The monoisotopic (exact) mass is 1130 g/mol. The van der Waals surface area contributed by atoms with Crippen LogP contribution in [0.2, 0.25) is 0 Å². The van der Waals surface area contributed by atoms with Crippen LogP contribution < -0.4 is 38.6 Å². The molecule has 0 bridgehead atoms. The number of likely N-dealkylation sites (tertiary alicyclic amines) is 1. The highest BCUT2D eigenvalue weighted by atomic mass is 16.7. The van der Waals surface area contributed by atoms with Crippen LogP contribution in [0, 0.1) is 17.2 Å². The summed E-state index contributed by atoms with van der Waals surface area (Å²) in [5.74, 6) is 2.53. The van der Waals surface area contributed by atoms with Crippen LogP contribution in [0.15, 0.2) is 95.5 Å². The summed E-state index contributed by atoms with van der Waals surface area (Å²) in [6.07, 6.45) is 4.12. The summed E-state index contributed by atoms with van der Waals surface area (Å²) >= 11 is 0. The molecule has 6 aromatic rings. The number of methoxy groups -OCH3 is 1. The second-order valence-corrected chi connectivity index (χ2v) is 20.9. The molecule has 1 fully saturated rings. The SMILES string of the molecule is COc1ccc2cc3[n+](cc2c1OC(=O)N(C)CCNC(=O)c1cc(N=Nc2ccc(COC(=O)N(C)CCN(C)C(=O)N4CCc5c4ncnc5N(C)[C@H]4CN(C(=O)CC#N)CC[C@H]4C)cc2)ccc1O)CCc1cc2c(cc1-3)OCO2. The lowest BCUT2D eigenvalue weighted by atomic mass is 9.92. The van der Waals surface area contributed by atoms with Gasteiger partial charge in [-0.15, -0.1) is 0 Å². The molecule has 6 amide bonds. The Labute approximate surface area is 479 Å². The number of hydrogen-bond acceptors (Lipinski definition) is 17. The number of nitrogens with zero attached hydrogens (tertiary/aromatic N) is 12. The molecule has 4 aliphatic rings. The second-order valence-electron chi connectivity index (χ2n) is 20.9. The summed E-state index contributed by atoms with van der Waals surface area (Å²) in [6.45, 7) is 5.02. The number of phenolic OH excluding ortho intramolecular Hbond substituents is 1.